The average Bonchev–Trinajstić information content (AvgIpc) is 2.95. The molecule has 0 amide bonds. The first-order chi connectivity index (χ1) is 21.2. The van der Waals surface area contributed by atoms with Crippen molar-refractivity contribution in [3.05, 3.63) is 77.7 Å². The number of azo groups is 1. The zero-order valence-electron chi connectivity index (χ0n) is 24.0. The second-order valence-electron chi connectivity index (χ2n) is 9.71. The molecule has 0 aromatic heterocycles. The summed E-state index contributed by atoms with van der Waals surface area (Å²) in [6.07, 6.45) is 0. The molecule has 0 saturated carbocycles. The van der Waals surface area contributed by atoms with Crippen LogP contribution in [-0.4, -0.2) is 55.0 Å². The number of rotatable bonds is 10. The van der Waals surface area contributed by atoms with E-state index in [-0.39, 0.29) is 26.8 Å². The summed E-state index contributed by atoms with van der Waals surface area (Å²) in [5.41, 5.74) is -0.780. The topological polar surface area (TPSA) is 243 Å². The average molecular weight is 712 g/mol. The lowest BCUT2D eigenvalue weighted by atomic mass is 10.1. The van der Waals surface area contributed by atoms with Gasteiger partial charge >= 0.3 is 0 Å². The standard InChI is InChI=1S/C27H25N3O12S4/c1-5-43(32,33)23-14-22(42-4)20(10-16(23)3)28-29-26-24(46(39,40)41)12-17-11-19(45(36,37)38)13-21(25(17)27(26)31)30-44(34,35)18-8-6-15(2)7-9-18/h5-14,30-31H,1H2,2-4H3,(H,36,37,38)(H,39,40,41). The Morgan fingerprint density at radius 2 is 1.43 bits per heavy atom. The molecule has 244 valence electrons. The molecule has 0 unspecified atom stereocenters. The van der Waals surface area contributed by atoms with Gasteiger partial charge in [-0.3, -0.25) is 13.8 Å². The van der Waals surface area contributed by atoms with Crippen molar-refractivity contribution in [2.45, 2.75) is 33.4 Å². The molecule has 15 nitrogen and oxygen atoms in total. The number of methoxy groups -OCH3 is 1. The van der Waals surface area contributed by atoms with E-state index in [1.165, 1.54) is 44.4 Å². The second-order valence-corrected chi connectivity index (χ2v) is 16.1. The smallest absolute Gasteiger partial charge is 0.296 e. The number of ether oxygens (including phenoxy) is 1. The third-order valence-corrected chi connectivity index (χ3v) is 11.1. The summed E-state index contributed by atoms with van der Waals surface area (Å²) >= 11 is 0. The lowest BCUT2D eigenvalue weighted by Crippen LogP contribution is -2.14. The Labute approximate surface area is 264 Å². The van der Waals surface area contributed by atoms with Crippen LogP contribution in [0.3, 0.4) is 0 Å². The molecular formula is C27H25N3O12S4. The number of anilines is 1. The van der Waals surface area contributed by atoms with Gasteiger partial charge in [-0.25, -0.2) is 16.8 Å². The van der Waals surface area contributed by atoms with Gasteiger partial charge in [0.15, 0.2) is 15.6 Å². The van der Waals surface area contributed by atoms with E-state index >= 15 is 0 Å². The Morgan fingerprint density at radius 1 is 0.804 bits per heavy atom. The molecule has 0 aliphatic rings. The van der Waals surface area contributed by atoms with Crippen molar-refractivity contribution in [1.82, 2.24) is 0 Å². The van der Waals surface area contributed by atoms with Gasteiger partial charge < -0.3 is 9.84 Å². The molecule has 19 heteroatoms. The molecule has 4 rings (SSSR count). The highest BCUT2D eigenvalue weighted by atomic mass is 32.2. The Balaban J connectivity index is 2.03. The minimum atomic E-state index is -5.23. The number of nitrogens with zero attached hydrogens (tertiary/aromatic N) is 2. The van der Waals surface area contributed by atoms with E-state index in [4.69, 9.17) is 4.74 Å². The zero-order valence-corrected chi connectivity index (χ0v) is 27.3. The van der Waals surface area contributed by atoms with Crippen LogP contribution in [0.2, 0.25) is 0 Å². The van der Waals surface area contributed by atoms with Gasteiger partial charge in [0.25, 0.3) is 30.3 Å². The maximum absolute atomic E-state index is 13.2. The number of phenolic OH excluding ortho intramolecular Hbond substituents is 1. The summed E-state index contributed by atoms with van der Waals surface area (Å²) in [6, 6.07) is 9.92. The summed E-state index contributed by atoms with van der Waals surface area (Å²) in [5, 5.41) is 18.8. The van der Waals surface area contributed by atoms with Crippen LogP contribution in [-0.2, 0) is 40.1 Å². The van der Waals surface area contributed by atoms with Crippen molar-refractivity contribution in [2.24, 2.45) is 10.2 Å². The third-order valence-electron chi connectivity index (χ3n) is 6.53. The van der Waals surface area contributed by atoms with Crippen LogP contribution in [0, 0.1) is 13.8 Å². The van der Waals surface area contributed by atoms with Crippen molar-refractivity contribution >= 4 is 67.9 Å². The largest absolute Gasteiger partial charge is 0.505 e. The fourth-order valence-corrected chi connectivity index (χ4v) is 7.52. The second kappa shape index (κ2) is 12.1. The summed E-state index contributed by atoms with van der Waals surface area (Å²) < 4.78 is 127. The Bertz CT molecular complexity index is 2390. The molecule has 0 saturated heterocycles. The van der Waals surface area contributed by atoms with E-state index in [0.717, 1.165) is 23.1 Å². The summed E-state index contributed by atoms with van der Waals surface area (Å²) in [5.74, 6) is -1.22. The molecule has 0 spiro atoms. The fourth-order valence-electron chi connectivity index (χ4n) is 4.30. The third kappa shape index (κ3) is 6.88. The van der Waals surface area contributed by atoms with Gasteiger partial charge in [-0.2, -0.15) is 16.8 Å². The van der Waals surface area contributed by atoms with E-state index in [0.29, 0.717) is 12.1 Å². The normalized spacial score (nSPS) is 12.8. The van der Waals surface area contributed by atoms with E-state index in [1.54, 1.807) is 6.92 Å². The number of fused-ring (bicyclic) bond motifs is 1. The van der Waals surface area contributed by atoms with Crippen LogP contribution in [0.1, 0.15) is 11.1 Å². The molecule has 0 heterocycles. The van der Waals surface area contributed by atoms with Gasteiger partial charge in [-0.05, 0) is 61.2 Å². The molecule has 4 aromatic carbocycles. The van der Waals surface area contributed by atoms with E-state index in [1.807, 2.05) is 0 Å². The van der Waals surface area contributed by atoms with Gasteiger partial charge in [0.2, 0.25) is 0 Å². The molecule has 0 bridgehead atoms. The van der Waals surface area contributed by atoms with Crippen molar-refractivity contribution in [3.8, 4) is 11.5 Å². The van der Waals surface area contributed by atoms with Gasteiger partial charge in [-0.1, -0.05) is 24.3 Å². The van der Waals surface area contributed by atoms with E-state index < -0.39 is 77.8 Å². The summed E-state index contributed by atoms with van der Waals surface area (Å²) in [4.78, 5) is -2.40. The first kappa shape index (κ1) is 34.5. The van der Waals surface area contributed by atoms with Gasteiger partial charge in [-0.15, -0.1) is 10.2 Å². The number of sulfone groups is 1. The van der Waals surface area contributed by atoms with Crippen molar-refractivity contribution < 1.29 is 52.6 Å². The van der Waals surface area contributed by atoms with E-state index in [9.17, 15) is 47.9 Å². The molecule has 0 fully saturated rings. The number of sulfonamides is 1. The monoisotopic (exact) mass is 711 g/mol. The fraction of sp³-hybridized carbons (Fsp3) is 0.111. The number of nitrogens with one attached hydrogen (secondary N) is 1. The summed E-state index contributed by atoms with van der Waals surface area (Å²) in [6.45, 7) is 6.40. The van der Waals surface area contributed by atoms with Crippen molar-refractivity contribution in [1.29, 1.82) is 0 Å². The first-order valence-electron chi connectivity index (χ1n) is 12.6. The van der Waals surface area contributed by atoms with Crippen LogP contribution < -0.4 is 9.46 Å². The molecule has 4 N–H and O–H groups in total. The number of aryl methyl sites for hydroxylation is 2. The quantitative estimate of drug-likeness (QED) is 0.128. The molecule has 0 atom stereocenters. The lowest BCUT2D eigenvalue weighted by Gasteiger charge is -2.16. The Morgan fingerprint density at radius 3 is 1.98 bits per heavy atom. The number of phenols is 1. The summed E-state index contributed by atoms with van der Waals surface area (Å²) in [7, 11) is -17.5. The molecule has 4 aromatic rings. The van der Waals surface area contributed by atoms with Gasteiger partial charge in [0.05, 0.1) is 32.9 Å². The molecule has 0 radical (unpaired) electrons. The van der Waals surface area contributed by atoms with Gasteiger partial charge in [0.1, 0.15) is 22.0 Å². The number of aromatic hydroxyl groups is 1. The van der Waals surface area contributed by atoms with Crippen LogP contribution >= 0.6 is 0 Å². The Hall–Kier alpha value is -4.40. The minimum absolute atomic E-state index is 0.146. The number of benzene rings is 4. The predicted molar refractivity (Wildman–Crippen MR) is 167 cm³/mol. The van der Waals surface area contributed by atoms with Crippen molar-refractivity contribution in [2.75, 3.05) is 11.8 Å². The molecule has 46 heavy (non-hydrogen) atoms. The molecule has 0 aliphatic heterocycles. The highest BCUT2D eigenvalue weighted by Gasteiger charge is 2.27. The van der Waals surface area contributed by atoms with E-state index in [2.05, 4.69) is 21.5 Å². The number of hydrogen-bond acceptors (Lipinski definition) is 12. The number of hydrogen-bond donors (Lipinski definition) is 4. The van der Waals surface area contributed by atoms with Crippen LogP contribution in [0.15, 0.2) is 96.4 Å². The zero-order chi connectivity index (χ0) is 34.4. The van der Waals surface area contributed by atoms with Crippen LogP contribution in [0.5, 0.6) is 11.5 Å². The Kier molecular flexibility index (Phi) is 9.05. The first-order valence-corrected chi connectivity index (χ1v) is 18.5. The van der Waals surface area contributed by atoms with Crippen LogP contribution in [0.4, 0.5) is 17.1 Å². The van der Waals surface area contributed by atoms with Crippen molar-refractivity contribution in [3.63, 3.8) is 0 Å². The highest BCUT2D eigenvalue weighted by molar-refractivity contribution is 7.94. The highest BCUT2D eigenvalue weighted by Crippen LogP contribution is 2.46. The SMILES string of the molecule is C=CS(=O)(=O)c1cc(OC)c(N=Nc2c(S(=O)(=O)O)cc3cc(S(=O)(=O)O)cc(NS(=O)(=O)c4ccc(C)cc4)c3c2O)cc1C. The maximum atomic E-state index is 13.2. The maximum Gasteiger partial charge on any atom is 0.296 e. The molecule has 0 aliphatic carbocycles. The van der Waals surface area contributed by atoms with Crippen LogP contribution in [0.25, 0.3) is 10.8 Å². The van der Waals surface area contributed by atoms with Gasteiger partial charge in [0, 0.05) is 11.5 Å². The lowest BCUT2D eigenvalue weighted by molar-refractivity contribution is 0.414. The minimum Gasteiger partial charge on any atom is -0.505 e. The predicted octanol–water partition coefficient (Wildman–Crippen LogP) is 4.80. The molecular weight excluding hydrogens is 687 g/mol.